The maximum atomic E-state index is 12.3. The summed E-state index contributed by atoms with van der Waals surface area (Å²) in [6, 6.07) is 18.7. The summed E-state index contributed by atoms with van der Waals surface area (Å²) in [5, 5.41) is 6.76. The van der Waals surface area contributed by atoms with Crippen molar-refractivity contribution in [1.29, 1.82) is 0 Å². The molecular formula is C20H18ClN3O. The number of halogens is 1. The number of carbonyl (C=O) groups excluding carboxylic acids is 1. The Labute approximate surface area is 151 Å². The van der Waals surface area contributed by atoms with E-state index in [1.165, 1.54) is 11.1 Å². The van der Waals surface area contributed by atoms with Crippen LogP contribution >= 0.6 is 11.6 Å². The third-order valence-electron chi connectivity index (χ3n) is 3.84. The topological polar surface area (TPSA) is 54.0 Å². The van der Waals surface area contributed by atoms with Crippen LogP contribution in [0, 0.1) is 6.92 Å². The summed E-state index contributed by atoms with van der Waals surface area (Å²) in [5.41, 5.74) is 4.31. The minimum Gasteiger partial charge on any atom is -0.381 e. The molecule has 25 heavy (non-hydrogen) atoms. The van der Waals surface area contributed by atoms with Crippen molar-refractivity contribution in [3.05, 3.63) is 88.7 Å². The molecule has 4 nitrogen and oxygen atoms in total. The van der Waals surface area contributed by atoms with Crippen molar-refractivity contribution in [2.24, 2.45) is 0 Å². The highest BCUT2D eigenvalue weighted by Crippen LogP contribution is 2.16. The van der Waals surface area contributed by atoms with Gasteiger partial charge in [-0.3, -0.25) is 9.78 Å². The summed E-state index contributed by atoms with van der Waals surface area (Å²) < 4.78 is 0. The normalized spacial score (nSPS) is 10.3. The van der Waals surface area contributed by atoms with Crippen LogP contribution in [0.15, 0.2) is 66.9 Å². The Hall–Kier alpha value is -2.85. The van der Waals surface area contributed by atoms with Crippen molar-refractivity contribution >= 4 is 28.9 Å². The third-order valence-corrected chi connectivity index (χ3v) is 4.09. The van der Waals surface area contributed by atoms with Gasteiger partial charge in [-0.2, -0.15) is 0 Å². The van der Waals surface area contributed by atoms with Gasteiger partial charge in [0.2, 0.25) is 0 Å². The van der Waals surface area contributed by atoms with Crippen LogP contribution in [0.1, 0.15) is 21.6 Å². The van der Waals surface area contributed by atoms with Gasteiger partial charge in [-0.1, -0.05) is 35.9 Å². The number of hydrogen-bond acceptors (Lipinski definition) is 3. The fourth-order valence-corrected chi connectivity index (χ4v) is 2.52. The van der Waals surface area contributed by atoms with Crippen LogP contribution in [0.5, 0.6) is 0 Å². The monoisotopic (exact) mass is 351 g/mol. The standard InChI is InChI=1S/C20H18ClN3O/c1-14-4-2-3-5-15(14)13-23-18-10-11-22-19(12-18)20(25)24-17-8-6-16(21)7-9-17/h2-12H,13H2,1H3,(H,22,23)(H,24,25). The summed E-state index contributed by atoms with van der Waals surface area (Å²) in [6.07, 6.45) is 1.62. The van der Waals surface area contributed by atoms with E-state index in [0.29, 0.717) is 22.9 Å². The van der Waals surface area contributed by atoms with Crippen LogP contribution < -0.4 is 10.6 Å². The van der Waals surface area contributed by atoms with Gasteiger partial charge in [0.1, 0.15) is 5.69 Å². The molecule has 0 bridgehead atoms. The van der Waals surface area contributed by atoms with E-state index in [1.807, 2.05) is 18.2 Å². The largest absolute Gasteiger partial charge is 0.381 e. The highest BCUT2D eigenvalue weighted by Gasteiger charge is 2.08. The molecule has 0 unspecified atom stereocenters. The van der Waals surface area contributed by atoms with Crippen molar-refractivity contribution in [3.8, 4) is 0 Å². The van der Waals surface area contributed by atoms with E-state index in [-0.39, 0.29) is 5.91 Å². The molecule has 0 fully saturated rings. The first-order valence-electron chi connectivity index (χ1n) is 7.93. The van der Waals surface area contributed by atoms with Crippen LogP contribution in [0.4, 0.5) is 11.4 Å². The SMILES string of the molecule is Cc1ccccc1CNc1ccnc(C(=O)Nc2ccc(Cl)cc2)c1. The van der Waals surface area contributed by atoms with Gasteiger partial charge < -0.3 is 10.6 Å². The van der Waals surface area contributed by atoms with Crippen LogP contribution in [0.25, 0.3) is 0 Å². The molecule has 3 rings (SSSR count). The van der Waals surface area contributed by atoms with Crippen molar-refractivity contribution in [2.45, 2.75) is 13.5 Å². The molecule has 1 heterocycles. The number of nitrogens with one attached hydrogen (secondary N) is 2. The molecule has 1 amide bonds. The molecule has 0 radical (unpaired) electrons. The highest BCUT2D eigenvalue weighted by atomic mass is 35.5. The number of benzene rings is 2. The zero-order valence-corrected chi connectivity index (χ0v) is 14.5. The zero-order chi connectivity index (χ0) is 17.6. The van der Waals surface area contributed by atoms with Crippen LogP contribution in [0.3, 0.4) is 0 Å². The molecule has 0 aliphatic rings. The van der Waals surface area contributed by atoms with Crippen molar-refractivity contribution < 1.29 is 4.79 Å². The molecule has 0 spiro atoms. The van der Waals surface area contributed by atoms with Crippen LogP contribution in [-0.2, 0) is 6.54 Å². The molecule has 3 aromatic rings. The number of amides is 1. The maximum Gasteiger partial charge on any atom is 0.274 e. The number of pyridine rings is 1. The average molecular weight is 352 g/mol. The van der Waals surface area contributed by atoms with E-state index < -0.39 is 0 Å². The molecule has 0 aliphatic carbocycles. The first-order chi connectivity index (χ1) is 12.1. The Morgan fingerprint density at radius 3 is 2.56 bits per heavy atom. The Kier molecular flexibility index (Phi) is 5.31. The van der Waals surface area contributed by atoms with E-state index in [4.69, 9.17) is 11.6 Å². The highest BCUT2D eigenvalue weighted by molar-refractivity contribution is 6.30. The van der Waals surface area contributed by atoms with E-state index in [2.05, 4.69) is 34.7 Å². The number of carbonyl (C=O) groups is 1. The van der Waals surface area contributed by atoms with Gasteiger partial charge in [-0.05, 0) is 54.4 Å². The summed E-state index contributed by atoms with van der Waals surface area (Å²) in [5.74, 6) is -0.262. The van der Waals surface area contributed by atoms with E-state index in [1.54, 1.807) is 36.5 Å². The van der Waals surface area contributed by atoms with Gasteiger partial charge in [-0.15, -0.1) is 0 Å². The molecule has 0 saturated carbocycles. The number of aryl methyl sites for hydroxylation is 1. The van der Waals surface area contributed by atoms with Crippen molar-refractivity contribution in [1.82, 2.24) is 4.98 Å². The lowest BCUT2D eigenvalue weighted by molar-refractivity contribution is 0.102. The smallest absolute Gasteiger partial charge is 0.274 e. The predicted octanol–water partition coefficient (Wildman–Crippen LogP) is 4.91. The van der Waals surface area contributed by atoms with Crippen molar-refractivity contribution in [2.75, 3.05) is 10.6 Å². The quantitative estimate of drug-likeness (QED) is 0.686. The fraction of sp³-hybridized carbons (Fsp3) is 0.100. The van der Waals surface area contributed by atoms with Gasteiger partial charge in [0, 0.05) is 29.1 Å². The molecule has 1 aromatic heterocycles. The van der Waals surface area contributed by atoms with Gasteiger partial charge in [0.25, 0.3) is 5.91 Å². The Morgan fingerprint density at radius 1 is 1.04 bits per heavy atom. The van der Waals surface area contributed by atoms with Gasteiger partial charge in [0.15, 0.2) is 0 Å². The Balaban J connectivity index is 1.67. The summed E-state index contributed by atoms with van der Waals surface area (Å²) in [6.45, 7) is 2.77. The zero-order valence-electron chi connectivity index (χ0n) is 13.8. The second-order valence-electron chi connectivity index (χ2n) is 5.67. The second kappa shape index (κ2) is 7.81. The minimum atomic E-state index is -0.262. The second-order valence-corrected chi connectivity index (χ2v) is 6.11. The summed E-state index contributed by atoms with van der Waals surface area (Å²) >= 11 is 5.85. The van der Waals surface area contributed by atoms with Crippen LogP contribution in [-0.4, -0.2) is 10.9 Å². The first-order valence-corrected chi connectivity index (χ1v) is 8.31. The number of anilines is 2. The lowest BCUT2D eigenvalue weighted by Crippen LogP contribution is -2.14. The molecule has 0 atom stereocenters. The Morgan fingerprint density at radius 2 is 1.80 bits per heavy atom. The van der Waals surface area contributed by atoms with E-state index >= 15 is 0 Å². The molecule has 5 heteroatoms. The first kappa shape index (κ1) is 17.0. The Bertz CT molecular complexity index is 878. The number of rotatable bonds is 5. The van der Waals surface area contributed by atoms with Gasteiger partial charge in [0.05, 0.1) is 0 Å². The third kappa shape index (κ3) is 4.58. The number of hydrogen-bond donors (Lipinski definition) is 2. The predicted molar refractivity (Wildman–Crippen MR) is 102 cm³/mol. The maximum absolute atomic E-state index is 12.3. The van der Waals surface area contributed by atoms with Crippen LogP contribution in [0.2, 0.25) is 5.02 Å². The molecule has 2 aromatic carbocycles. The summed E-state index contributed by atoms with van der Waals surface area (Å²) in [4.78, 5) is 16.5. The van der Waals surface area contributed by atoms with Gasteiger partial charge in [-0.25, -0.2) is 0 Å². The van der Waals surface area contributed by atoms with E-state index in [9.17, 15) is 4.79 Å². The number of aromatic nitrogens is 1. The van der Waals surface area contributed by atoms with Crippen molar-refractivity contribution in [3.63, 3.8) is 0 Å². The average Bonchev–Trinajstić information content (AvgIpc) is 2.63. The molecule has 0 aliphatic heterocycles. The minimum absolute atomic E-state index is 0.262. The molecular weight excluding hydrogens is 334 g/mol. The lowest BCUT2D eigenvalue weighted by atomic mass is 10.1. The number of nitrogens with zero attached hydrogens (tertiary/aromatic N) is 1. The fourth-order valence-electron chi connectivity index (χ4n) is 2.40. The summed E-state index contributed by atoms with van der Waals surface area (Å²) in [7, 11) is 0. The molecule has 0 saturated heterocycles. The lowest BCUT2D eigenvalue weighted by Gasteiger charge is -2.10. The van der Waals surface area contributed by atoms with E-state index in [0.717, 1.165) is 5.69 Å². The molecule has 2 N–H and O–H groups in total. The van der Waals surface area contributed by atoms with Gasteiger partial charge >= 0.3 is 0 Å². The molecule has 126 valence electrons.